The first kappa shape index (κ1) is 17.9. The van der Waals surface area contributed by atoms with Gasteiger partial charge in [0.2, 0.25) is 15.9 Å². The predicted molar refractivity (Wildman–Crippen MR) is 99.3 cm³/mol. The molecule has 7 heteroatoms. The maximum atomic E-state index is 12.5. The number of rotatable bonds is 5. The first-order valence-electron chi connectivity index (χ1n) is 9.63. The molecule has 0 saturated carbocycles. The average molecular weight is 378 g/mol. The number of benzene rings is 1. The van der Waals surface area contributed by atoms with Crippen molar-refractivity contribution >= 4 is 15.9 Å². The zero-order valence-corrected chi connectivity index (χ0v) is 15.9. The van der Waals surface area contributed by atoms with Crippen molar-refractivity contribution in [2.75, 3.05) is 32.7 Å². The van der Waals surface area contributed by atoms with Crippen LogP contribution in [-0.2, 0) is 27.7 Å². The monoisotopic (exact) mass is 377 g/mol. The molecule has 1 aliphatic carbocycles. The summed E-state index contributed by atoms with van der Waals surface area (Å²) in [6, 6.07) is 5.42. The Hall–Kier alpha value is -1.44. The molecule has 0 unspecified atom stereocenters. The Morgan fingerprint density at radius 1 is 1.12 bits per heavy atom. The van der Waals surface area contributed by atoms with Crippen LogP contribution in [0.25, 0.3) is 0 Å². The van der Waals surface area contributed by atoms with Crippen molar-refractivity contribution < 1.29 is 13.2 Å². The van der Waals surface area contributed by atoms with Gasteiger partial charge in [-0.1, -0.05) is 6.07 Å². The third kappa shape index (κ3) is 3.66. The number of likely N-dealkylation sites (tertiary alicyclic amines) is 1. The van der Waals surface area contributed by atoms with Crippen molar-refractivity contribution in [2.45, 2.75) is 37.0 Å². The topological polar surface area (TPSA) is 78.5 Å². The van der Waals surface area contributed by atoms with Crippen LogP contribution in [0.4, 0.5) is 0 Å². The molecule has 0 spiro atoms. The molecular formula is C19H27N3O3S. The first-order chi connectivity index (χ1) is 12.5. The number of carbonyl (C=O) groups excluding carboxylic acids is 1. The van der Waals surface area contributed by atoms with Crippen molar-refractivity contribution in [1.29, 1.82) is 0 Å². The molecule has 0 aromatic heterocycles. The van der Waals surface area contributed by atoms with Crippen LogP contribution in [0.5, 0.6) is 0 Å². The van der Waals surface area contributed by atoms with E-state index in [2.05, 4.69) is 10.0 Å². The van der Waals surface area contributed by atoms with Crippen LogP contribution in [0, 0.1) is 11.8 Å². The molecule has 2 heterocycles. The quantitative estimate of drug-likeness (QED) is 0.800. The minimum Gasteiger partial charge on any atom is -0.342 e. The molecule has 3 aliphatic rings. The molecule has 26 heavy (non-hydrogen) atoms. The maximum absolute atomic E-state index is 12.5. The lowest BCUT2D eigenvalue weighted by molar-refractivity contribution is -0.130. The summed E-state index contributed by atoms with van der Waals surface area (Å²) >= 11 is 0. The molecule has 6 nitrogen and oxygen atoms in total. The Morgan fingerprint density at radius 3 is 2.54 bits per heavy atom. The molecule has 2 saturated heterocycles. The fourth-order valence-electron chi connectivity index (χ4n) is 4.47. The van der Waals surface area contributed by atoms with Crippen LogP contribution in [0.1, 0.15) is 30.4 Å². The Morgan fingerprint density at radius 2 is 1.81 bits per heavy atom. The van der Waals surface area contributed by atoms with Crippen LogP contribution in [0.15, 0.2) is 23.1 Å². The summed E-state index contributed by atoms with van der Waals surface area (Å²) in [6.07, 6.45) is 4.49. The molecule has 142 valence electrons. The van der Waals surface area contributed by atoms with E-state index in [1.54, 1.807) is 12.1 Å². The van der Waals surface area contributed by atoms with Gasteiger partial charge in [-0.25, -0.2) is 13.1 Å². The maximum Gasteiger partial charge on any atom is 0.240 e. The van der Waals surface area contributed by atoms with Gasteiger partial charge in [-0.2, -0.15) is 0 Å². The normalized spacial score (nSPS) is 25.2. The van der Waals surface area contributed by atoms with Crippen LogP contribution >= 0.6 is 0 Å². The largest absolute Gasteiger partial charge is 0.342 e. The number of carbonyl (C=O) groups is 1. The first-order valence-corrected chi connectivity index (χ1v) is 11.1. The van der Waals surface area contributed by atoms with E-state index in [1.807, 2.05) is 11.0 Å². The summed E-state index contributed by atoms with van der Waals surface area (Å²) in [5, 5.41) is 3.36. The number of hydrogen-bond donors (Lipinski definition) is 2. The fourth-order valence-corrected chi connectivity index (χ4v) is 5.55. The van der Waals surface area contributed by atoms with Crippen LogP contribution in [0.2, 0.25) is 0 Å². The fraction of sp³-hybridized carbons (Fsp3) is 0.632. The van der Waals surface area contributed by atoms with E-state index in [0.29, 0.717) is 16.7 Å². The second-order valence-electron chi connectivity index (χ2n) is 7.76. The summed E-state index contributed by atoms with van der Waals surface area (Å²) in [6.45, 7) is 3.73. The highest BCUT2D eigenvalue weighted by molar-refractivity contribution is 7.89. The van der Waals surface area contributed by atoms with Gasteiger partial charge in [-0.15, -0.1) is 0 Å². The van der Waals surface area contributed by atoms with E-state index in [4.69, 9.17) is 0 Å². The third-order valence-electron chi connectivity index (χ3n) is 6.00. The standard InChI is InChI=1S/C19H27N3O3S/c23-19(22-12-16-10-20-11-17(16)13-22)7-8-21-26(24,25)18-6-5-14-3-1-2-4-15(14)9-18/h5-6,9,16-17,20-21H,1-4,7-8,10-13H2/t16-,17+. The SMILES string of the molecule is O=C(CCNS(=O)(=O)c1ccc2c(c1)CCCC2)N1C[C@H]2CNC[C@H]2C1. The molecular weight excluding hydrogens is 350 g/mol. The van der Waals surface area contributed by atoms with Crippen LogP contribution < -0.4 is 10.0 Å². The van der Waals surface area contributed by atoms with E-state index in [0.717, 1.165) is 51.0 Å². The number of sulfonamides is 1. The summed E-state index contributed by atoms with van der Waals surface area (Å²) < 4.78 is 27.7. The van der Waals surface area contributed by atoms with Gasteiger partial charge < -0.3 is 10.2 Å². The summed E-state index contributed by atoms with van der Waals surface area (Å²) in [4.78, 5) is 14.6. The van der Waals surface area contributed by atoms with Gasteiger partial charge in [0, 0.05) is 39.1 Å². The van der Waals surface area contributed by atoms with Gasteiger partial charge in [0.05, 0.1) is 4.90 Å². The molecule has 2 aliphatic heterocycles. The van der Waals surface area contributed by atoms with Crippen molar-refractivity contribution in [3.63, 3.8) is 0 Å². The van der Waals surface area contributed by atoms with Crippen molar-refractivity contribution in [1.82, 2.24) is 14.9 Å². The third-order valence-corrected chi connectivity index (χ3v) is 7.46. The molecule has 2 fully saturated rings. The Balaban J connectivity index is 1.31. The van der Waals surface area contributed by atoms with Gasteiger partial charge in [0.25, 0.3) is 0 Å². The molecule has 0 bridgehead atoms. The molecule has 2 N–H and O–H groups in total. The zero-order chi connectivity index (χ0) is 18.1. The van der Waals surface area contributed by atoms with Crippen LogP contribution in [0.3, 0.4) is 0 Å². The summed E-state index contributed by atoms with van der Waals surface area (Å²) in [7, 11) is -3.56. The van der Waals surface area contributed by atoms with Gasteiger partial charge in [0.1, 0.15) is 0 Å². The van der Waals surface area contributed by atoms with Crippen molar-refractivity contribution in [3.05, 3.63) is 29.3 Å². The van der Waals surface area contributed by atoms with Crippen LogP contribution in [-0.4, -0.2) is 51.9 Å². The number of hydrogen-bond acceptors (Lipinski definition) is 4. The molecule has 0 radical (unpaired) electrons. The van der Waals surface area contributed by atoms with E-state index in [-0.39, 0.29) is 18.9 Å². The second kappa shape index (κ2) is 7.29. The van der Waals surface area contributed by atoms with E-state index >= 15 is 0 Å². The lowest BCUT2D eigenvalue weighted by Gasteiger charge is -2.18. The van der Waals surface area contributed by atoms with E-state index < -0.39 is 10.0 Å². The van der Waals surface area contributed by atoms with E-state index in [9.17, 15) is 13.2 Å². The minimum absolute atomic E-state index is 0.0486. The number of nitrogens with zero attached hydrogens (tertiary/aromatic N) is 1. The Bertz CT molecular complexity index is 781. The van der Waals surface area contributed by atoms with Gasteiger partial charge >= 0.3 is 0 Å². The number of amides is 1. The highest BCUT2D eigenvalue weighted by Crippen LogP contribution is 2.27. The highest BCUT2D eigenvalue weighted by atomic mass is 32.2. The smallest absolute Gasteiger partial charge is 0.240 e. The zero-order valence-electron chi connectivity index (χ0n) is 15.0. The number of fused-ring (bicyclic) bond motifs is 2. The second-order valence-corrected chi connectivity index (χ2v) is 9.53. The molecule has 1 aromatic carbocycles. The summed E-state index contributed by atoms with van der Waals surface area (Å²) in [5.74, 6) is 1.17. The van der Waals surface area contributed by atoms with E-state index in [1.165, 1.54) is 12.0 Å². The molecule has 2 atom stereocenters. The lowest BCUT2D eigenvalue weighted by atomic mass is 9.92. The van der Waals surface area contributed by atoms with Gasteiger partial charge in [0.15, 0.2) is 0 Å². The lowest BCUT2D eigenvalue weighted by Crippen LogP contribution is -2.35. The molecule has 1 aromatic rings. The highest BCUT2D eigenvalue weighted by Gasteiger charge is 2.37. The number of aryl methyl sites for hydroxylation is 2. The minimum atomic E-state index is -3.56. The predicted octanol–water partition coefficient (Wildman–Crippen LogP) is 0.912. The Kier molecular flexibility index (Phi) is 5.03. The summed E-state index contributed by atoms with van der Waals surface area (Å²) in [5.41, 5.74) is 2.41. The van der Waals surface area contributed by atoms with Crippen molar-refractivity contribution in [2.24, 2.45) is 11.8 Å². The Labute approximate surface area is 155 Å². The van der Waals surface area contributed by atoms with Crippen molar-refractivity contribution in [3.8, 4) is 0 Å². The molecule has 4 rings (SSSR count). The van der Waals surface area contributed by atoms with Gasteiger partial charge in [-0.3, -0.25) is 4.79 Å². The average Bonchev–Trinajstić information content (AvgIpc) is 3.23. The number of nitrogens with one attached hydrogen (secondary N) is 2. The van der Waals surface area contributed by atoms with Gasteiger partial charge in [-0.05, 0) is 60.8 Å². The molecule has 1 amide bonds.